The number of aromatic nitrogens is 2. The molecule has 10 heteroatoms. The third kappa shape index (κ3) is 13.3. The van der Waals surface area contributed by atoms with Gasteiger partial charge >= 0.3 is 0 Å². The minimum atomic E-state index is -0.0987. The second-order valence-corrected chi connectivity index (χ2v) is 12.2. The predicted molar refractivity (Wildman–Crippen MR) is 174 cm³/mol. The highest BCUT2D eigenvalue weighted by Crippen LogP contribution is 2.16. The Morgan fingerprint density at radius 3 is 1.09 bits per heavy atom. The maximum Gasteiger partial charge on any atom is 0.256 e. The standard InChI is InChI=1S/C34H36Br2N4O2.2BrH/c35-29-9-13-31(14-10-29)37-33(41)27-17-23-39(24-18-27)21-7-5-3-1-2-4-6-8-22-40-25-19-28(20-26-40)34(42)38-32-15-11-30(36)12-16-32;;/h9-20,23-26H,1-8,21-22H2;2*1H. The number of benzene rings is 2. The topological polar surface area (TPSA) is 66.0 Å². The molecule has 234 valence electrons. The number of anilines is 2. The van der Waals surface area contributed by atoms with E-state index < -0.39 is 0 Å². The minimum absolute atomic E-state index is 0. The molecular formula is C34H38Br4N4O2. The van der Waals surface area contributed by atoms with Gasteiger partial charge in [0.2, 0.25) is 0 Å². The first kappa shape index (κ1) is 37.8. The van der Waals surface area contributed by atoms with Gasteiger partial charge < -0.3 is 44.6 Å². The largest absolute Gasteiger partial charge is 1.00 e. The van der Waals surface area contributed by atoms with Crippen molar-refractivity contribution >= 4 is 55.0 Å². The van der Waals surface area contributed by atoms with Gasteiger partial charge in [0.1, 0.15) is 13.1 Å². The lowest BCUT2D eigenvalue weighted by atomic mass is 10.1. The fourth-order valence-electron chi connectivity index (χ4n) is 4.64. The molecule has 0 saturated carbocycles. The molecule has 2 heterocycles. The lowest BCUT2D eigenvalue weighted by Gasteiger charge is -2.05. The van der Waals surface area contributed by atoms with Gasteiger partial charge in [-0.2, -0.15) is 0 Å². The maximum atomic E-state index is 12.5. The van der Waals surface area contributed by atoms with E-state index in [9.17, 15) is 9.59 Å². The summed E-state index contributed by atoms with van der Waals surface area (Å²) in [6.07, 6.45) is 17.7. The summed E-state index contributed by atoms with van der Waals surface area (Å²) in [5.74, 6) is -0.197. The number of carbonyl (C=O) groups is 2. The van der Waals surface area contributed by atoms with Crippen molar-refractivity contribution < 1.29 is 52.7 Å². The van der Waals surface area contributed by atoms with Crippen molar-refractivity contribution in [3.63, 3.8) is 0 Å². The summed E-state index contributed by atoms with van der Waals surface area (Å²) >= 11 is 6.81. The number of carbonyl (C=O) groups excluding carboxylic acids is 2. The van der Waals surface area contributed by atoms with Crippen molar-refractivity contribution in [3.05, 3.63) is 118 Å². The number of rotatable bonds is 15. The quantitative estimate of drug-likeness (QED) is 0.142. The van der Waals surface area contributed by atoms with E-state index in [0.717, 1.165) is 46.3 Å². The van der Waals surface area contributed by atoms with Crippen LogP contribution in [0, 0.1) is 0 Å². The van der Waals surface area contributed by atoms with Gasteiger partial charge in [0.25, 0.3) is 11.8 Å². The van der Waals surface area contributed by atoms with E-state index in [-0.39, 0.29) is 45.8 Å². The molecule has 2 aromatic carbocycles. The number of halogens is 4. The van der Waals surface area contributed by atoms with Crippen LogP contribution in [0.3, 0.4) is 0 Å². The molecule has 0 aliphatic heterocycles. The lowest BCUT2D eigenvalue weighted by molar-refractivity contribution is -0.697. The average molecular weight is 854 g/mol. The van der Waals surface area contributed by atoms with E-state index in [2.05, 4.69) is 51.6 Å². The summed E-state index contributed by atoms with van der Waals surface area (Å²) in [5.41, 5.74) is 2.88. The van der Waals surface area contributed by atoms with Gasteiger partial charge in [-0.05, 0) is 61.4 Å². The molecule has 0 aliphatic carbocycles. The molecule has 0 fully saturated rings. The van der Waals surface area contributed by atoms with Crippen LogP contribution in [0.1, 0.15) is 72.1 Å². The molecule has 4 aromatic rings. The van der Waals surface area contributed by atoms with Crippen LogP contribution in [-0.2, 0) is 13.1 Å². The zero-order valence-electron chi connectivity index (χ0n) is 24.5. The zero-order valence-corrected chi connectivity index (χ0v) is 30.9. The van der Waals surface area contributed by atoms with Gasteiger partial charge in [-0.15, -0.1) is 0 Å². The van der Waals surface area contributed by atoms with Gasteiger partial charge in [-0.25, -0.2) is 9.13 Å². The number of aryl methyl sites for hydroxylation is 2. The van der Waals surface area contributed by atoms with Crippen molar-refractivity contribution in [2.45, 2.75) is 64.5 Å². The predicted octanol–water partition coefficient (Wildman–Crippen LogP) is 2.12. The molecule has 44 heavy (non-hydrogen) atoms. The number of nitrogens with one attached hydrogen (secondary N) is 2. The van der Waals surface area contributed by atoms with Gasteiger partial charge in [-0.1, -0.05) is 57.5 Å². The smallest absolute Gasteiger partial charge is 0.256 e. The van der Waals surface area contributed by atoms with Gasteiger partial charge in [-0.3, -0.25) is 9.59 Å². The van der Waals surface area contributed by atoms with E-state index in [1.807, 2.05) is 97.6 Å². The summed E-state index contributed by atoms with van der Waals surface area (Å²) in [6.45, 7) is 1.94. The number of pyridine rings is 2. The van der Waals surface area contributed by atoms with Crippen LogP contribution >= 0.6 is 31.9 Å². The highest BCUT2D eigenvalue weighted by atomic mass is 79.9. The molecule has 0 bridgehead atoms. The Kier molecular flexibility index (Phi) is 17.7. The Bertz CT molecular complexity index is 1310. The van der Waals surface area contributed by atoms with E-state index >= 15 is 0 Å². The molecule has 6 nitrogen and oxygen atoms in total. The van der Waals surface area contributed by atoms with Crippen molar-refractivity contribution in [2.24, 2.45) is 0 Å². The Morgan fingerprint density at radius 1 is 0.477 bits per heavy atom. The summed E-state index contributed by atoms with van der Waals surface area (Å²) in [6, 6.07) is 22.6. The van der Waals surface area contributed by atoms with Crippen LogP contribution in [0.15, 0.2) is 107 Å². The van der Waals surface area contributed by atoms with Crippen molar-refractivity contribution in [1.29, 1.82) is 0 Å². The fourth-order valence-corrected chi connectivity index (χ4v) is 5.17. The second kappa shape index (κ2) is 20.6. The first-order chi connectivity index (χ1) is 20.5. The molecule has 0 atom stereocenters. The minimum Gasteiger partial charge on any atom is -1.00 e. The van der Waals surface area contributed by atoms with Crippen LogP contribution in [0.2, 0.25) is 0 Å². The Morgan fingerprint density at radius 2 is 0.773 bits per heavy atom. The maximum absolute atomic E-state index is 12.5. The first-order valence-corrected chi connectivity index (χ1v) is 16.2. The molecular weight excluding hydrogens is 816 g/mol. The van der Waals surface area contributed by atoms with Gasteiger partial charge in [0.15, 0.2) is 24.8 Å². The molecule has 2 N–H and O–H groups in total. The number of hydrogen-bond acceptors (Lipinski definition) is 2. The van der Waals surface area contributed by atoms with Crippen LogP contribution in [0.5, 0.6) is 0 Å². The van der Waals surface area contributed by atoms with E-state index in [4.69, 9.17) is 0 Å². The Labute approximate surface area is 298 Å². The molecule has 0 spiro atoms. The fraction of sp³-hybridized carbons (Fsp3) is 0.294. The van der Waals surface area contributed by atoms with Crippen LogP contribution in [-0.4, -0.2) is 11.8 Å². The van der Waals surface area contributed by atoms with Crippen molar-refractivity contribution in [2.75, 3.05) is 10.6 Å². The van der Waals surface area contributed by atoms with Crippen molar-refractivity contribution in [3.8, 4) is 0 Å². The first-order valence-electron chi connectivity index (χ1n) is 14.6. The molecule has 2 aromatic heterocycles. The Hall–Kier alpha value is -2.40. The lowest BCUT2D eigenvalue weighted by Crippen LogP contribution is -3.00. The van der Waals surface area contributed by atoms with Crippen molar-refractivity contribution in [1.82, 2.24) is 0 Å². The second-order valence-electron chi connectivity index (χ2n) is 10.4. The number of hydrogen-bond donors (Lipinski definition) is 2. The van der Waals surface area contributed by atoms with E-state index in [0.29, 0.717) is 11.1 Å². The molecule has 2 amide bonds. The Balaban J connectivity index is 0.00000337. The summed E-state index contributed by atoms with van der Waals surface area (Å²) in [4.78, 5) is 24.9. The molecule has 0 unspecified atom stereocenters. The van der Waals surface area contributed by atoms with Gasteiger partial charge in [0, 0.05) is 57.4 Å². The molecule has 4 rings (SSSR count). The summed E-state index contributed by atoms with van der Waals surface area (Å²) in [7, 11) is 0. The molecule has 0 saturated heterocycles. The third-order valence-corrected chi connectivity index (χ3v) is 8.15. The number of amides is 2. The zero-order chi connectivity index (χ0) is 29.6. The van der Waals surface area contributed by atoms with E-state index in [1.165, 1.54) is 38.5 Å². The highest BCUT2D eigenvalue weighted by Gasteiger charge is 2.10. The number of unbranched alkanes of at least 4 members (excludes halogenated alkanes) is 7. The third-order valence-electron chi connectivity index (χ3n) is 7.09. The normalized spacial score (nSPS) is 10.3. The average Bonchev–Trinajstić information content (AvgIpc) is 3.01. The van der Waals surface area contributed by atoms with Crippen LogP contribution < -0.4 is 53.7 Å². The van der Waals surface area contributed by atoms with Crippen LogP contribution in [0.4, 0.5) is 11.4 Å². The summed E-state index contributed by atoms with van der Waals surface area (Å²) in [5, 5.41) is 5.85. The number of nitrogens with zero attached hydrogens (tertiary/aromatic N) is 2. The van der Waals surface area contributed by atoms with Crippen LogP contribution in [0.25, 0.3) is 0 Å². The van der Waals surface area contributed by atoms with Gasteiger partial charge in [0.05, 0.1) is 11.1 Å². The highest BCUT2D eigenvalue weighted by molar-refractivity contribution is 9.10. The summed E-state index contributed by atoms with van der Waals surface area (Å²) < 4.78 is 6.26. The SMILES string of the molecule is O=C(Nc1ccc(Br)cc1)c1cc[n+](CCCCCCCCCC[n+]2ccc(C(=O)Nc3ccc(Br)cc3)cc2)cc1.[Br-].[Br-]. The van der Waals surface area contributed by atoms with E-state index in [1.54, 1.807) is 0 Å². The molecule has 0 aliphatic rings. The monoisotopic (exact) mass is 850 g/mol. The molecule has 0 radical (unpaired) electrons.